The number of carbonyl (C=O) groups excluding carboxylic acids is 1. The van der Waals surface area contributed by atoms with Crippen LogP contribution in [0.25, 0.3) is 0 Å². The molecule has 1 aromatic carbocycles. The summed E-state index contributed by atoms with van der Waals surface area (Å²) < 4.78 is 17.1. The molecule has 7 nitrogen and oxygen atoms in total. The smallest absolute Gasteiger partial charge is 0.251 e. The molecule has 7 heteroatoms. The van der Waals surface area contributed by atoms with Crippen molar-refractivity contribution in [3.63, 3.8) is 0 Å². The highest BCUT2D eigenvalue weighted by Gasteiger charge is 2.62. The van der Waals surface area contributed by atoms with E-state index in [9.17, 15) is 4.79 Å². The SMILES string of the molecule is COc1ccc(C(=O)NC[C@H]2[C@H]3CN(Cc4ccncc4)C[C@]34CC[C@H]2O4)cc1OC. The summed E-state index contributed by atoms with van der Waals surface area (Å²) in [6, 6.07) is 9.40. The van der Waals surface area contributed by atoms with Crippen molar-refractivity contribution in [3.8, 4) is 11.5 Å². The van der Waals surface area contributed by atoms with E-state index < -0.39 is 0 Å². The first-order chi connectivity index (χ1) is 15.1. The summed E-state index contributed by atoms with van der Waals surface area (Å²) in [6.07, 6.45) is 6.14. The van der Waals surface area contributed by atoms with Gasteiger partial charge in [0, 0.05) is 56.0 Å². The van der Waals surface area contributed by atoms with Crippen LogP contribution >= 0.6 is 0 Å². The van der Waals surface area contributed by atoms with Crippen LogP contribution in [0.15, 0.2) is 42.7 Å². The summed E-state index contributed by atoms with van der Waals surface area (Å²) in [4.78, 5) is 19.4. The third kappa shape index (κ3) is 3.66. The number of aromatic nitrogens is 1. The largest absolute Gasteiger partial charge is 0.493 e. The number of pyridine rings is 1. The van der Waals surface area contributed by atoms with Gasteiger partial charge in [-0.25, -0.2) is 0 Å². The first-order valence-corrected chi connectivity index (χ1v) is 10.9. The maximum atomic E-state index is 12.8. The molecule has 31 heavy (non-hydrogen) atoms. The molecule has 1 amide bonds. The van der Waals surface area contributed by atoms with Gasteiger partial charge in [-0.05, 0) is 48.7 Å². The van der Waals surface area contributed by atoms with Crippen molar-refractivity contribution in [2.24, 2.45) is 11.8 Å². The van der Waals surface area contributed by atoms with E-state index in [-0.39, 0.29) is 17.6 Å². The normalized spacial score (nSPS) is 29.0. The fraction of sp³-hybridized carbons (Fsp3) is 0.500. The minimum Gasteiger partial charge on any atom is -0.493 e. The van der Waals surface area contributed by atoms with Crippen LogP contribution < -0.4 is 14.8 Å². The highest BCUT2D eigenvalue weighted by Crippen LogP contribution is 2.54. The number of hydrogen-bond acceptors (Lipinski definition) is 6. The average molecular weight is 424 g/mol. The van der Waals surface area contributed by atoms with E-state index in [1.54, 1.807) is 32.4 Å². The maximum absolute atomic E-state index is 12.8. The Balaban J connectivity index is 1.24. The molecule has 1 N–H and O–H groups in total. The quantitative estimate of drug-likeness (QED) is 0.738. The molecule has 2 bridgehead atoms. The van der Waals surface area contributed by atoms with E-state index in [0.717, 1.165) is 32.5 Å². The molecular weight excluding hydrogens is 394 g/mol. The number of nitrogens with zero attached hydrogens (tertiary/aromatic N) is 2. The van der Waals surface area contributed by atoms with Crippen molar-refractivity contribution in [1.29, 1.82) is 0 Å². The van der Waals surface area contributed by atoms with Crippen LogP contribution in [0.1, 0.15) is 28.8 Å². The van der Waals surface area contributed by atoms with E-state index in [4.69, 9.17) is 14.2 Å². The summed E-state index contributed by atoms with van der Waals surface area (Å²) in [6.45, 7) is 3.53. The number of hydrogen-bond donors (Lipinski definition) is 1. The number of ether oxygens (including phenoxy) is 3. The molecule has 0 radical (unpaired) electrons. The standard InChI is InChI=1S/C24H29N3O4/c1-29-21-4-3-17(11-22(21)30-2)23(28)26-12-18-19-14-27(13-16-6-9-25-10-7-16)15-24(19)8-5-20(18)31-24/h3-4,6-7,9-11,18-20H,5,8,12-15H2,1-2H3,(H,26,28)/t18-,19+,20+,24+/m0/s1. The molecule has 0 saturated carbocycles. The van der Waals surface area contributed by atoms with Gasteiger partial charge in [0.2, 0.25) is 0 Å². The molecule has 3 aliphatic rings. The lowest BCUT2D eigenvalue weighted by Gasteiger charge is -2.29. The zero-order chi connectivity index (χ0) is 21.4. The number of amides is 1. The van der Waals surface area contributed by atoms with Gasteiger partial charge in [0.15, 0.2) is 11.5 Å². The Labute approximate surface area is 182 Å². The zero-order valence-electron chi connectivity index (χ0n) is 18.0. The van der Waals surface area contributed by atoms with Crippen molar-refractivity contribution in [2.45, 2.75) is 31.1 Å². The highest BCUT2D eigenvalue weighted by molar-refractivity contribution is 5.94. The minimum atomic E-state index is -0.0931. The Bertz CT molecular complexity index is 953. The number of fused-ring (bicyclic) bond motifs is 1. The highest BCUT2D eigenvalue weighted by atomic mass is 16.5. The second-order valence-corrected chi connectivity index (χ2v) is 8.83. The van der Waals surface area contributed by atoms with Crippen LogP contribution in [-0.4, -0.2) is 61.3 Å². The molecule has 4 heterocycles. The Morgan fingerprint density at radius 3 is 2.81 bits per heavy atom. The van der Waals surface area contributed by atoms with Gasteiger partial charge in [-0.3, -0.25) is 14.7 Å². The van der Waals surface area contributed by atoms with E-state index in [1.807, 2.05) is 12.4 Å². The second kappa shape index (κ2) is 8.13. The number of carbonyl (C=O) groups is 1. The van der Waals surface area contributed by atoms with Crippen LogP contribution in [0.5, 0.6) is 11.5 Å². The van der Waals surface area contributed by atoms with E-state index in [1.165, 1.54) is 5.56 Å². The molecule has 3 saturated heterocycles. The van der Waals surface area contributed by atoms with Gasteiger partial charge in [-0.2, -0.15) is 0 Å². The maximum Gasteiger partial charge on any atom is 0.251 e. The molecular formula is C24H29N3O4. The summed E-state index contributed by atoms with van der Waals surface area (Å²) in [7, 11) is 3.16. The molecule has 1 aromatic heterocycles. The van der Waals surface area contributed by atoms with Crippen molar-refractivity contribution >= 4 is 5.91 Å². The van der Waals surface area contributed by atoms with E-state index in [2.05, 4.69) is 27.3 Å². The molecule has 1 spiro atoms. The van der Waals surface area contributed by atoms with Crippen LogP contribution in [0.2, 0.25) is 0 Å². The molecule has 0 aliphatic carbocycles. The lowest BCUT2D eigenvalue weighted by molar-refractivity contribution is 0.00212. The van der Waals surface area contributed by atoms with E-state index in [0.29, 0.717) is 35.4 Å². The molecule has 164 valence electrons. The van der Waals surface area contributed by atoms with E-state index >= 15 is 0 Å². The molecule has 2 aromatic rings. The predicted molar refractivity (Wildman–Crippen MR) is 115 cm³/mol. The van der Waals surface area contributed by atoms with Crippen molar-refractivity contribution in [2.75, 3.05) is 33.9 Å². The number of likely N-dealkylation sites (tertiary alicyclic amines) is 1. The lowest BCUT2D eigenvalue weighted by atomic mass is 9.73. The zero-order valence-corrected chi connectivity index (χ0v) is 18.0. The third-order valence-corrected chi connectivity index (χ3v) is 7.15. The summed E-state index contributed by atoms with van der Waals surface area (Å²) in [5.41, 5.74) is 1.80. The Morgan fingerprint density at radius 1 is 1.23 bits per heavy atom. The molecule has 4 atom stereocenters. The second-order valence-electron chi connectivity index (χ2n) is 8.83. The summed E-state index contributed by atoms with van der Waals surface area (Å²) in [5, 5.41) is 3.15. The van der Waals surface area contributed by atoms with Crippen molar-refractivity contribution in [1.82, 2.24) is 15.2 Å². The third-order valence-electron chi connectivity index (χ3n) is 7.15. The topological polar surface area (TPSA) is 72.9 Å². The van der Waals surface area contributed by atoms with Gasteiger partial charge in [0.25, 0.3) is 5.91 Å². The number of rotatable bonds is 7. The monoisotopic (exact) mass is 423 g/mol. The molecule has 5 rings (SSSR count). The lowest BCUT2D eigenvalue weighted by Crippen LogP contribution is -2.41. The first-order valence-electron chi connectivity index (χ1n) is 10.9. The minimum absolute atomic E-state index is 0.0452. The molecule has 0 unspecified atom stereocenters. The Hall–Kier alpha value is -2.64. The summed E-state index contributed by atoms with van der Waals surface area (Å²) >= 11 is 0. The fourth-order valence-corrected chi connectivity index (χ4v) is 5.72. The fourth-order valence-electron chi connectivity index (χ4n) is 5.72. The molecule has 3 fully saturated rings. The van der Waals surface area contributed by atoms with Crippen molar-refractivity contribution < 1.29 is 19.0 Å². The Kier molecular flexibility index (Phi) is 5.32. The van der Waals surface area contributed by atoms with Gasteiger partial charge >= 0.3 is 0 Å². The van der Waals surface area contributed by atoms with Crippen LogP contribution in [0.3, 0.4) is 0 Å². The number of nitrogens with one attached hydrogen (secondary N) is 1. The van der Waals surface area contributed by atoms with Gasteiger partial charge in [0.1, 0.15) is 0 Å². The first kappa shape index (κ1) is 20.3. The van der Waals surface area contributed by atoms with Crippen LogP contribution in [0.4, 0.5) is 0 Å². The number of benzene rings is 1. The Morgan fingerprint density at radius 2 is 2.03 bits per heavy atom. The van der Waals surface area contributed by atoms with Crippen LogP contribution in [-0.2, 0) is 11.3 Å². The van der Waals surface area contributed by atoms with Crippen molar-refractivity contribution in [3.05, 3.63) is 53.9 Å². The van der Waals surface area contributed by atoms with Crippen LogP contribution in [0, 0.1) is 11.8 Å². The van der Waals surface area contributed by atoms with Gasteiger partial charge < -0.3 is 19.5 Å². The summed E-state index contributed by atoms with van der Waals surface area (Å²) in [5.74, 6) is 1.88. The van der Waals surface area contributed by atoms with Gasteiger partial charge in [-0.1, -0.05) is 0 Å². The predicted octanol–water partition coefficient (Wildman–Crippen LogP) is 2.51. The average Bonchev–Trinajstić information content (AvgIpc) is 3.45. The van der Waals surface area contributed by atoms with Gasteiger partial charge in [0.05, 0.1) is 25.9 Å². The molecule has 3 aliphatic heterocycles. The number of methoxy groups -OCH3 is 2. The van der Waals surface area contributed by atoms with Gasteiger partial charge in [-0.15, -0.1) is 0 Å².